The fourth-order valence-corrected chi connectivity index (χ4v) is 6.06. The fraction of sp³-hybridized carbons (Fsp3) is 0.516. The van der Waals surface area contributed by atoms with Crippen LogP contribution in [-0.4, -0.2) is 73.0 Å². The maximum atomic E-state index is 13.0. The van der Waals surface area contributed by atoms with Gasteiger partial charge in [-0.25, -0.2) is 0 Å². The SMILES string of the molecule is CCO[C@H]1CN(C2CCC(O)(c3ccc(C(=O)NC)cc3)CC2)CC1CC(=O)CNC(=O)c1cccc(C(F)(F)F)c1. The molecule has 11 heteroatoms. The predicted molar refractivity (Wildman–Crippen MR) is 150 cm³/mol. The Labute approximate surface area is 243 Å². The van der Waals surface area contributed by atoms with E-state index in [1.165, 1.54) is 6.07 Å². The molecule has 2 aromatic carbocycles. The van der Waals surface area contributed by atoms with E-state index in [0.29, 0.717) is 38.1 Å². The first kappa shape index (κ1) is 31.7. The third-order valence-electron chi connectivity index (χ3n) is 8.39. The zero-order valence-electron chi connectivity index (χ0n) is 23.9. The van der Waals surface area contributed by atoms with Gasteiger partial charge < -0.3 is 20.5 Å². The molecule has 2 aromatic rings. The molecular formula is C31H38F3N3O5. The lowest BCUT2D eigenvalue weighted by Gasteiger charge is -2.40. The van der Waals surface area contributed by atoms with E-state index in [1.807, 2.05) is 6.92 Å². The Morgan fingerprint density at radius 1 is 1.02 bits per heavy atom. The molecule has 0 aromatic heterocycles. The molecule has 2 fully saturated rings. The summed E-state index contributed by atoms with van der Waals surface area (Å²) in [5, 5.41) is 16.4. The number of carbonyl (C=O) groups is 3. The minimum Gasteiger partial charge on any atom is -0.385 e. The van der Waals surface area contributed by atoms with Crippen molar-refractivity contribution in [2.75, 3.05) is 33.3 Å². The number of likely N-dealkylation sites (tertiary alicyclic amines) is 1. The van der Waals surface area contributed by atoms with Crippen LogP contribution >= 0.6 is 0 Å². The Kier molecular flexibility index (Phi) is 10.1. The van der Waals surface area contributed by atoms with Gasteiger partial charge in [0.1, 0.15) is 0 Å². The van der Waals surface area contributed by atoms with Gasteiger partial charge in [0.05, 0.1) is 23.8 Å². The number of amides is 2. The van der Waals surface area contributed by atoms with Crippen molar-refractivity contribution >= 4 is 17.6 Å². The van der Waals surface area contributed by atoms with Gasteiger partial charge >= 0.3 is 6.18 Å². The maximum absolute atomic E-state index is 13.0. The minimum atomic E-state index is -4.56. The molecule has 0 bridgehead atoms. The number of ether oxygens (including phenoxy) is 1. The van der Waals surface area contributed by atoms with Gasteiger partial charge in [-0.05, 0) is 68.5 Å². The van der Waals surface area contributed by atoms with Crippen molar-refractivity contribution in [2.24, 2.45) is 5.92 Å². The molecule has 228 valence electrons. The Morgan fingerprint density at radius 3 is 2.33 bits per heavy atom. The van der Waals surface area contributed by atoms with Crippen molar-refractivity contribution in [1.29, 1.82) is 0 Å². The first-order valence-corrected chi connectivity index (χ1v) is 14.3. The van der Waals surface area contributed by atoms with Gasteiger partial charge in [0.2, 0.25) is 0 Å². The molecule has 1 aliphatic heterocycles. The third-order valence-corrected chi connectivity index (χ3v) is 8.39. The summed E-state index contributed by atoms with van der Waals surface area (Å²) in [6, 6.07) is 11.4. The number of carbonyl (C=O) groups excluding carboxylic acids is 3. The van der Waals surface area contributed by atoms with Crippen LogP contribution in [0.4, 0.5) is 13.2 Å². The molecule has 0 spiro atoms. The van der Waals surface area contributed by atoms with Crippen LogP contribution in [0.25, 0.3) is 0 Å². The van der Waals surface area contributed by atoms with Crippen LogP contribution in [0.15, 0.2) is 48.5 Å². The van der Waals surface area contributed by atoms with E-state index >= 15 is 0 Å². The number of aliphatic hydroxyl groups is 1. The normalized spacial score (nSPS) is 24.8. The lowest BCUT2D eigenvalue weighted by molar-refractivity contribution is -0.137. The van der Waals surface area contributed by atoms with E-state index in [4.69, 9.17) is 4.74 Å². The van der Waals surface area contributed by atoms with Gasteiger partial charge in [-0.3, -0.25) is 19.3 Å². The lowest BCUT2D eigenvalue weighted by atomic mass is 9.77. The molecule has 1 heterocycles. The molecule has 4 rings (SSSR count). The average Bonchev–Trinajstić information content (AvgIpc) is 3.37. The van der Waals surface area contributed by atoms with Crippen LogP contribution in [0.1, 0.15) is 70.9 Å². The molecule has 2 aliphatic rings. The largest absolute Gasteiger partial charge is 0.416 e. The second-order valence-corrected chi connectivity index (χ2v) is 11.1. The van der Waals surface area contributed by atoms with Crippen LogP contribution in [-0.2, 0) is 21.3 Å². The average molecular weight is 590 g/mol. The zero-order chi connectivity index (χ0) is 30.5. The fourth-order valence-electron chi connectivity index (χ4n) is 6.06. The van der Waals surface area contributed by atoms with Crippen LogP contribution in [0, 0.1) is 5.92 Å². The molecule has 2 amide bonds. The highest BCUT2D eigenvalue weighted by Crippen LogP contribution is 2.40. The number of hydrogen-bond acceptors (Lipinski definition) is 6. The van der Waals surface area contributed by atoms with Crippen LogP contribution in [0.2, 0.25) is 0 Å². The molecule has 1 saturated heterocycles. The zero-order valence-corrected chi connectivity index (χ0v) is 23.9. The second-order valence-electron chi connectivity index (χ2n) is 11.1. The number of benzene rings is 2. The summed E-state index contributed by atoms with van der Waals surface area (Å²) in [5.74, 6) is -1.21. The van der Waals surface area contributed by atoms with E-state index in [-0.39, 0.29) is 48.3 Å². The van der Waals surface area contributed by atoms with Crippen molar-refractivity contribution in [3.05, 3.63) is 70.8 Å². The Balaban J connectivity index is 1.30. The van der Waals surface area contributed by atoms with Crippen molar-refractivity contribution in [2.45, 2.75) is 63.0 Å². The number of alkyl halides is 3. The van der Waals surface area contributed by atoms with Crippen LogP contribution < -0.4 is 10.6 Å². The Bertz CT molecular complexity index is 1260. The second kappa shape index (κ2) is 13.4. The Morgan fingerprint density at radius 2 is 1.71 bits per heavy atom. The highest BCUT2D eigenvalue weighted by Gasteiger charge is 2.42. The van der Waals surface area contributed by atoms with E-state index in [9.17, 15) is 32.7 Å². The number of halogens is 3. The summed E-state index contributed by atoms with van der Waals surface area (Å²) in [4.78, 5) is 39.4. The number of Topliss-reactive ketones (excluding diaryl/α,β-unsaturated/α-hetero) is 1. The highest BCUT2D eigenvalue weighted by atomic mass is 19.4. The number of ketones is 1. The van der Waals surface area contributed by atoms with E-state index < -0.39 is 23.2 Å². The van der Waals surface area contributed by atoms with Crippen LogP contribution in [0.3, 0.4) is 0 Å². The maximum Gasteiger partial charge on any atom is 0.416 e. The van der Waals surface area contributed by atoms with Crippen molar-refractivity contribution in [3.63, 3.8) is 0 Å². The lowest BCUT2D eigenvalue weighted by Crippen LogP contribution is -2.42. The molecular weight excluding hydrogens is 551 g/mol. The predicted octanol–water partition coefficient (Wildman–Crippen LogP) is 3.92. The van der Waals surface area contributed by atoms with Gasteiger partial charge in [0.25, 0.3) is 11.8 Å². The summed E-state index contributed by atoms with van der Waals surface area (Å²) in [5.41, 5.74) is -0.723. The number of rotatable bonds is 10. The summed E-state index contributed by atoms with van der Waals surface area (Å²) in [6.07, 6.45) is -1.88. The summed E-state index contributed by atoms with van der Waals surface area (Å²) >= 11 is 0. The summed E-state index contributed by atoms with van der Waals surface area (Å²) in [6.45, 7) is 3.41. The molecule has 2 atom stereocenters. The molecule has 1 saturated carbocycles. The monoisotopic (exact) mass is 589 g/mol. The topological polar surface area (TPSA) is 108 Å². The van der Waals surface area contributed by atoms with Crippen molar-refractivity contribution in [3.8, 4) is 0 Å². The van der Waals surface area contributed by atoms with Gasteiger partial charge in [0.15, 0.2) is 5.78 Å². The van der Waals surface area contributed by atoms with E-state index in [1.54, 1.807) is 31.3 Å². The van der Waals surface area contributed by atoms with Gasteiger partial charge in [-0.15, -0.1) is 0 Å². The minimum absolute atomic E-state index is 0.0824. The molecule has 3 N–H and O–H groups in total. The number of hydrogen-bond donors (Lipinski definition) is 3. The van der Waals surface area contributed by atoms with E-state index in [0.717, 1.165) is 36.6 Å². The first-order chi connectivity index (χ1) is 19.9. The molecule has 1 aliphatic carbocycles. The number of nitrogens with one attached hydrogen (secondary N) is 2. The molecule has 42 heavy (non-hydrogen) atoms. The standard InChI is InChI=1S/C31H38F3N3O5/c1-3-42-27-19-37(25-11-13-30(41,14-12-25)23-9-7-20(8-10-23)28(39)35-2)18-22(27)16-26(38)17-36-29(40)21-5-4-6-24(15-21)31(32,33)34/h4-10,15,22,25,27,41H,3,11-14,16-19H2,1-2H3,(H,35,39)(H,36,40)/t22?,25?,27-,30?/m0/s1. The molecule has 1 unspecified atom stereocenters. The summed E-state index contributed by atoms with van der Waals surface area (Å²) in [7, 11) is 1.57. The first-order valence-electron chi connectivity index (χ1n) is 14.3. The Hall–Kier alpha value is -3.28. The quantitative estimate of drug-likeness (QED) is 0.388. The number of nitrogens with zero attached hydrogens (tertiary/aromatic N) is 1. The van der Waals surface area contributed by atoms with Gasteiger partial charge in [-0.1, -0.05) is 18.2 Å². The highest BCUT2D eigenvalue weighted by molar-refractivity contribution is 5.97. The smallest absolute Gasteiger partial charge is 0.385 e. The van der Waals surface area contributed by atoms with Crippen molar-refractivity contribution in [1.82, 2.24) is 15.5 Å². The third kappa shape index (κ3) is 7.56. The van der Waals surface area contributed by atoms with E-state index in [2.05, 4.69) is 15.5 Å². The van der Waals surface area contributed by atoms with Crippen LogP contribution in [0.5, 0.6) is 0 Å². The summed E-state index contributed by atoms with van der Waals surface area (Å²) < 4.78 is 44.9. The van der Waals surface area contributed by atoms with Gasteiger partial charge in [0, 0.05) is 56.3 Å². The van der Waals surface area contributed by atoms with Crippen molar-refractivity contribution < 1.29 is 37.4 Å². The van der Waals surface area contributed by atoms with Gasteiger partial charge in [-0.2, -0.15) is 13.2 Å². The molecule has 8 nitrogen and oxygen atoms in total. The molecule has 0 radical (unpaired) electrons.